The molecule has 3 rings (SSSR count). The molecule has 1 saturated carbocycles. The molecule has 2 atom stereocenters. The Kier molecular flexibility index (Phi) is 5.49. The maximum Gasteiger partial charge on any atom is 0.249 e. The van der Waals surface area contributed by atoms with Gasteiger partial charge in [-0.1, -0.05) is 11.6 Å². The van der Waals surface area contributed by atoms with Crippen molar-refractivity contribution in [1.82, 2.24) is 5.32 Å². The van der Waals surface area contributed by atoms with Gasteiger partial charge in [0.25, 0.3) is 0 Å². The summed E-state index contributed by atoms with van der Waals surface area (Å²) in [6, 6.07) is 4.41. The lowest BCUT2D eigenvalue weighted by atomic mass is 10.1. The van der Waals surface area contributed by atoms with Gasteiger partial charge in [-0.3, -0.25) is 9.59 Å². The number of benzene rings is 1. The van der Waals surface area contributed by atoms with Crippen LogP contribution in [0.5, 0.6) is 0 Å². The van der Waals surface area contributed by atoms with Crippen molar-refractivity contribution in [2.75, 3.05) is 23.3 Å². The third kappa shape index (κ3) is 4.44. The first-order valence-electron chi connectivity index (χ1n) is 8.79. The summed E-state index contributed by atoms with van der Waals surface area (Å²) in [5.41, 5.74) is 1.51. The number of nitrogens with one attached hydrogen (secondary N) is 2. The van der Waals surface area contributed by atoms with Gasteiger partial charge in [0.05, 0.1) is 16.8 Å². The lowest BCUT2D eigenvalue weighted by Gasteiger charge is -2.22. The van der Waals surface area contributed by atoms with Gasteiger partial charge in [0.2, 0.25) is 11.8 Å². The lowest BCUT2D eigenvalue weighted by molar-refractivity contribution is -0.129. The van der Waals surface area contributed by atoms with Crippen LogP contribution in [0.1, 0.15) is 32.6 Å². The van der Waals surface area contributed by atoms with Crippen molar-refractivity contribution in [3.8, 4) is 0 Å². The van der Waals surface area contributed by atoms with Gasteiger partial charge in [-0.25, -0.2) is 0 Å². The number of anilines is 2. The average Bonchev–Trinajstić information content (AvgIpc) is 3.28. The summed E-state index contributed by atoms with van der Waals surface area (Å²) in [5, 5.41) is 15.8. The van der Waals surface area contributed by atoms with Gasteiger partial charge in [0.1, 0.15) is 6.04 Å². The number of amides is 2. The van der Waals surface area contributed by atoms with Gasteiger partial charge in [-0.05, 0) is 50.8 Å². The van der Waals surface area contributed by atoms with Gasteiger partial charge < -0.3 is 20.6 Å². The monoisotopic (exact) mass is 365 g/mol. The molecular weight excluding hydrogens is 342 g/mol. The van der Waals surface area contributed by atoms with Crippen molar-refractivity contribution in [2.24, 2.45) is 5.92 Å². The molecule has 1 heterocycles. The van der Waals surface area contributed by atoms with E-state index in [0.717, 1.165) is 44.5 Å². The van der Waals surface area contributed by atoms with Crippen molar-refractivity contribution >= 4 is 34.8 Å². The summed E-state index contributed by atoms with van der Waals surface area (Å²) < 4.78 is 0. The fourth-order valence-corrected chi connectivity index (χ4v) is 3.34. The Labute approximate surface area is 152 Å². The molecular formula is C18H24ClN3O3. The topological polar surface area (TPSA) is 81.7 Å². The quantitative estimate of drug-likeness (QED) is 0.721. The van der Waals surface area contributed by atoms with E-state index in [0.29, 0.717) is 10.7 Å². The molecule has 0 unspecified atom stereocenters. The minimum Gasteiger partial charge on any atom is -0.391 e. The number of carbonyl (C=O) groups excluding carboxylic acids is 2. The smallest absolute Gasteiger partial charge is 0.249 e. The number of hydrogen-bond acceptors (Lipinski definition) is 4. The molecule has 1 aromatic rings. The molecule has 6 nitrogen and oxygen atoms in total. The number of aliphatic hydroxyl groups is 1. The Morgan fingerprint density at radius 3 is 2.52 bits per heavy atom. The van der Waals surface area contributed by atoms with Gasteiger partial charge in [-0.2, -0.15) is 0 Å². The second-order valence-electron chi connectivity index (χ2n) is 6.85. The first-order chi connectivity index (χ1) is 12.0. The van der Waals surface area contributed by atoms with Crippen LogP contribution in [0.4, 0.5) is 11.4 Å². The SMILES string of the molecule is C[C@H](O)[C@@H](NC(=O)C1CC1)C(=O)Nc1ccc(N2CCCC2)c(Cl)c1. The predicted octanol–water partition coefficient (Wildman–Crippen LogP) is 2.15. The van der Waals surface area contributed by atoms with Crippen LogP contribution >= 0.6 is 11.6 Å². The first kappa shape index (κ1) is 18.0. The summed E-state index contributed by atoms with van der Waals surface area (Å²) in [7, 11) is 0. The van der Waals surface area contributed by atoms with Gasteiger partial charge in [-0.15, -0.1) is 0 Å². The van der Waals surface area contributed by atoms with Crippen LogP contribution in [-0.2, 0) is 9.59 Å². The number of nitrogens with zero attached hydrogens (tertiary/aromatic N) is 1. The highest BCUT2D eigenvalue weighted by Crippen LogP contribution is 2.31. The van der Waals surface area contributed by atoms with Crippen LogP contribution in [0.15, 0.2) is 18.2 Å². The van der Waals surface area contributed by atoms with E-state index in [-0.39, 0.29) is 11.8 Å². The molecule has 0 radical (unpaired) electrons. The Morgan fingerprint density at radius 2 is 1.96 bits per heavy atom. The zero-order valence-corrected chi connectivity index (χ0v) is 15.1. The molecule has 0 spiro atoms. The van der Waals surface area contributed by atoms with E-state index in [4.69, 9.17) is 11.6 Å². The zero-order chi connectivity index (χ0) is 18.0. The van der Waals surface area contributed by atoms with Crippen LogP contribution in [0, 0.1) is 5.92 Å². The average molecular weight is 366 g/mol. The van der Waals surface area contributed by atoms with E-state index in [1.807, 2.05) is 6.07 Å². The second-order valence-corrected chi connectivity index (χ2v) is 7.26. The van der Waals surface area contributed by atoms with E-state index >= 15 is 0 Å². The zero-order valence-electron chi connectivity index (χ0n) is 14.3. The minimum absolute atomic E-state index is 0.0248. The normalized spacial score (nSPS) is 19.4. The molecule has 2 amide bonds. The van der Waals surface area contributed by atoms with E-state index in [1.165, 1.54) is 6.92 Å². The molecule has 1 aliphatic carbocycles. The Balaban J connectivity index is 1.65. The van der Waals surface area contributed by atoms with Crippen LogP contribution in [-0.4, -0.2) is 42.2 Å². The van der Waals surface area contributed by atoms with Crippen molar-refractivity contribution < 1.29 is 14.7 Å². The lowest BCUT2D eigenvalue weighted by Crippen LogP contribution is -2.50. The predicted molar refractivity (Wildman–Crippen MR) is 97.9 cm³/mol. The Morgan fingerprint density at radius 1 is 1.28 bits per heavy atom. The highest BCUT2D eigenvalue weighted by Gasteiger charge is 2.34. The minimum atomic E-state index is -0.984. The largest absolute Gasteiger partial charge is 0.391 e. The number of aliphatic hydroxyl groups excluding tert-OH is 1. The molecule has 3 N–H and O–H groups in total. The Hall–Kier alpha value is -1.79. The van der Waals surface area contributed by atoms with Crippen LogP contribution in [0.2, 0.25) is 5.02 Å². The van der Waals surface area contributed by atoms with Crippen molar-refractivity contribution in [3.05, 3.63) is 23.2 Å². The van der Waals surface area contributed by atoms with Gasteiger partial charge >= 0.3 is 0 Å². The summed E-state index contributed by atoms with van der Waals surface area (Å²) in [6.45, 7) is 3.46. The molecule has 2 fully saturated rings. The molecule has 0 aromatic heterocycles. The fourth-order valence-electron chi connectivity index (χ4n) is 3.04. The first-order valence-corrected chi connectivity index (χ1v) is 9.17. The molecule has 0 bridgehead atoms. The molecule has 25 heavy (non-hydrogen) atoms. The maximum absolute atomic E-state index is 12.4. The third-order valence-electron chi connectivity index (χ3n) is 4.67. The summed E-state index contributed by atoms with van der Waals surface area (Å²) in [6.07, 6.45) is 3.01. The maximum atomic E-state index is 12.4. The van der Waals surface area contributed by atoms with Crippen LogP contribution in [0.25, 0.3) is 0 Å². The molecule has 1 saturated heterocycles. The third-order valence-corrected chi connectivity index (χ3v) is 4.98. The van der Waals surface area contributed by atoms with E-state index in [2.05, 4.69) is 15.5 Å². The standard InChI is InChI=1S/C18H24ClN3O3/c1-11(23)16(21-17(24)12-4-5-12)18(25)20-13-6-7-15(14(19)10-13)22-8-2-3-9-22/h6-7,10-12,16,23H,2-5,8-9H2,1H3,(H,20,25)(H,21,24)/t11-,16+/m0/s1. The van der Waals surface area contributed by atoms with E-state index < -0.39 is 18.1 Å². The molecule has 1 aromatic carbocycles. The van der Waals surface area contributed by atoms with Crippen molar-refractivity contribution in [3.63, 3.8) is 0 Å². The van der Waals surface area contributed by atoms with E-state index in [9.17, 15) is 14.7 Å². The van der Waals surface area contributed by atoms with E-state index in [1.54, 1.807) is 12.1 Å². The van der Waals surface area contributed by atoms with Crippen molar-refractivity contribution in [1.29, 1.82) is 0 Å². The number of hydrogen-bond donors (Lipinski definition) is 3. The van der Waals surface area contributed by atoms with Gasteiger partial charge in [0, 0.05) is 24.7 Å². The highest BCUT2D eigenvalue weighted by molar-refractivity contribution is 6.33. The molecule has 7 heteroatoms. The summed E-state index contributed by atoms with van der Waals surface area (Å²) in [4.78, 5) is 26.6. The van der Waals surface area contributed by atoms with Crippen LogP contribution < -0.4 is 15.5 Å². The molecule has 2 aliphatic rings. The van der Waals surface area contributed by atoms with Crippen molar-refractivity contribution in [2.45, 2.75) is 44.8 Å². The molecule has 1 aliphatic heterocycles. The number of rotatable bonds is 6. The van der Waals surface area contributed by atoms with Crippen LogP contribution in [0.3, 0.4) is 0 Å². The fraction of sp³-hybridized carbons (Fsp3) is 0.556. The summed E-state index contributed by atoms with van der Waals surface area (Å²) >= 11 is 6.36. The molecule has 136 valence electrons. The summed E-state index contributed by atoms with van der Waals surface area (Å²) in [5.74, 6) is -0.652. The number of carbonyl (C=O) groups is 2. The number of halogens is 1. The Bertz CT molecular complexity index is 655. The van der Waals surface area contributed by atoms with Gasteiger partial charge in [0.15, 0.2) is 0 Å². The second kappa shape index (κ2) is 7.62. The highest BCUT2D eigenvalue weighted by atomic mass is 35.5.